The molecule has 0 saturated carbocycles. The highest BCUT2D eigenvalue weighted by molar-refractivity contribution is 6.14. The summed E-state index contributed by atoms with van der Waals surface area (Å²) in [6, 6.07) is 71.3. The standard InChI is InChI=1S/C56H40N2O/c57-56(49-21-9-8-18-43(49)37-12-2-1-3-13-37)58-52(32-31-46-45-20-7-5-15-42(45)35-50-44-19-6-4-14-38(44)28-30-47(46)50)39-26-24-36(25-27-39)41-29-33-53-51(34-41)48-22-10-16-40-17-11-23-54(59-53)55(40)48/h1-30,32-35,56,58H,31,57H2/b52-32-. The highest BCUT2D eigenvalue weighted by atomic mass is 16.5. The van der Waals surface area contributed by atoms with Crippen LogP contribution in [0, 0.1) is 0 Å². The van der Waals surface area contributed by atoms with Crippen LogP contribution in [-0.2, 0) is 6.42 Å². The van der Waals surface area contributed by atoms with Crippen molar-refractivity contribution in [1.29, 1.82) is 0 Å². The smallest absolute Gasteiger partial charge is 0.135 e. The Morgan fingerprint density at radius 2 is 1.17 bits per heavy atom. The van der Waals surface area contributed by atoms with Gasteiger partial charge in [-0.15, -0.1) is 0 Å². The summed E-state index contributed by atoms with van der Waals surface area (Å²) in [5.74, 6) is 1.79. The fraction of sp³-hybridized carbons (Fsp3) is 0.0357. The second-order valence-electron chi connectivity index (χ2n) is 15.4. The molecular formula is C56H40N2O. The zero-order chi connectivity index (χ0) is 39.3. The molecule has 0 spiro atoms. The Bertz CT molecular complexity index is 3250. The van der Waals surface area contributed by atoms with Crippen LogP contribution < -0.4 is 15.8 Å². The molecule has 0 aromatic heterocycles. The fourth-order valence-corrected chi connectivity index (χ4v) is 9.08. The lowest BCUT2D eigenvalue weighted by Gasteiger charge is -2.23. The largest absolute Gasteiger partial charge is 0.456 e. The molecule has 3 nitrogen and oxygen atoms in total. The number of nitrogens with two attached hydrogens (primary N) is 1. The number of benzene rings is 10. The molecule has 1 aliphatic heterocycles. The van der Waals surface area contributed by atoms with E-state index in [1.54, 1.807) is 0 Å². The van der Waals surface area contributed by atoms with E-state index < -0.39 is 6.17 Å². The zero-order valence-electron chi connectivity index (χ0n) is 32.4. The minimum absolute atomic E-state index is 0.461. The first kappa shape index (κ1) is 34.8. The summed E-state index contributed by atoms with van der Waals surface area (Å²) in [5, 5.41) is 13.7. The van der Waals surface area contributed by atoms with Crippen LogP contribution in [0.25, 0.3) is 82.2 Å². The molecule has 1 aliphatic rings. The Kier molecular flexibility index (Phi) is 8.53. The number of ether oxygens (including phenoxy) is 1. The second kappa shape index (κ2) is 14.5. The van der Waals surface area contributed by atoms with Crippen LogP contribution in [0.2, 0.25) is 0 Å². The van der Waals surface area contributed by atoms with Gasteiger partial charge in [0.1, 0.15) is 17.7 Å². The molecule has 1 heterocycles. The Morgan fingerprint density at radius 3 is 2.03 bits per heavy atom. The summed E-state index contributed by atoms with van der Waals surface area (Å²) >= 11 is 0. The maximum atomic E-state index is 7.17. The number of hydrogen-bond acceptors (Lipinski definition) is 3. The van der Waals surface area contributed by atoms with E-state index in [4.69, 9.17) is 10.5 Å². The number of hydrogen-bond donors (Lipinski definition) is 2. The van der Waals surface area contributed by atoms with Gasteiger partial charge in [-0.3, -0.25) is 0 Å². The van der Waals surface area contributed by atoms with Gasteiger partial charge >= 0.3 is 0 Å². The maximum absolute atomic E-state index is 7.17. The first-order valence-electron chi connectivity index (χ1n) is 20.3. The quantitative estimate of drug-likeness (QED) is 0.0922. The van der Waals surface area contributed by atoms with E-state index in [1.807, 2.05) is 6.07 Å². The van der Waals surface area contributed by atoms with Crippen LogP contribution in [0.3, 0.4) is 0 Å². The lowest BCUT2D eigenvalue weighted by molar-refractivity contribution is 0.487. The molecule has 0 amide bonds. The molecule has 280 valence electrons. The fourth-order valence-electron chi connectivity index (χ4n) is 9.08. The molecule has 0 aliphatic carbocycles. The van der Waals surface area contributed by atoms with Crippen molar-refractivity contribution in [3.8, 4) is 44.9 Å². The van der Waals surface area contributed by atoms with Gasteiger partial charge in [-0.25, -0.2) is 0 Å². The van der Waals surface area contributed by atoms with E-state index in [2.05, 4.69) is 206 Å². The molecule has 3 heteroatoms. The topological polar surface area (TPSA) is 47.3 Å². The number of fused-ring (bicyclic) bond motifs is 6. The van der Waals surface area contributed by atoms with Crippen LogP contribution in [0.4, 0.5) is 0 Å². The lowest BCUT2D eigenvalue weighted by Crippen LogP contribution is -2.28. The predicted octanol–water partition coefficient (Wildman–Crippen LogP) is 14.2. The van der Waals surface area contributed by atoms with Crippen molar-refractivity contribution in [2.45, 2.75) is 12.6 Å². The highest BCUT2D eigenvalue weighted by Gasteiger charge is 2.21. The van der Waals surface area contributed by atoms with E-state index in [9.17, 15) is 0 Å². The van der Waals surface area contributed by atoms with Crippen LogP contribution in [0.5, 0.6) is 11.5 Å². The van der Waals surface area contributed by atoms with Crippen molar-refractivity contribution in [2.24, 2.45) is 5.73 Å². The predicted molar refractivity (Wildman–Crippen MR) is 247 cm³/mol. The van der Waals surface area contributed by atoms with Gasteiger partial charge in [-0.1, -0.05) is 182 Å². The summed E-state index contributed by atoms with van der Waals surface area (Å²) in [4.78, 5) is 0. The highest BCUT2D eigenvalue weighted by Crippen LogP contribution is 2.47. The third kappa shape index (κ3) is 6.20. The average molecular weight is 757 g/mol. The number of nitrogens with one attached hydrogen (secondary N) is 1. The molecule has 1 atom stereocenters. The van der Waals surface area contributed by atoms with E-state index in [1.165, 1.54) is 48.8 Å². The maximum Gasteiger partial charge on any atom is 0.135 e. The van der Waals surface area contributed by atoms with Crippen molar-refractivity contribution in [3.05, 3.63) is 223 Å². The van der Waals surface area contributed by atoms with E-state index >= 15 is 0 Å². The summed E-state index contributed by atoms with van der Waals surface area (Å²) in [6.45, 7) is 0. The van der Waals surface area contributed by atoms with Gasteiger partial charge in [0, 0.05) is 16.6 Å². The third-order valence-electron chi connectivity index (χ3n) is 12.0. The molecule has 10 aromatic carbocycles. The molecule has 0 bridgehead atoms. The summed E-state index contributed by atoms with van der Waals surface area (Å²) in [6.07, 6.45) is 2.58. The molecule has 59 heavy (non-hydrogen) atoms. The van der Waals surface area contributed by atoms with Crippen LogP contribution in [0.1, 0.15) is 22.9 Å². The minimum Gasteiger partial charge on any atom is -0.456 e. The SMILES string of the molecule is NC(N/C(=C\Cc1c2ccccc2cc2c1ccc1ccccc12)c1ccc(-c2ccc3c(c2)-c2cccc4cccc(c24)O3)cc1)c1ccccc1-c1ccccc1. The third-order valence-corrected chi connectivity index (χ3v) is 12.0. The van der Waals surface area contributed by atoms with Gasteiger partial charge in [-0.2, -0.15) is 0 Å². The average Bonchev–Trinajstić information content (AvgIpc) is 3.30. The number of rotatable bonds is 8. The van der Waals surface area contributed by atoms with Gasteiger partial charge < -0.3 is 15.8 Å². The van der Waals surface area contributed by atoms with E-state index in [0.717, 1.165) is 61.5 Å². The van der Waals surface area contributed by atoms with Gasteiger partial charge in [0.25, 0.3) is 0 Å². The zero-order valence-corrected chi connectivity index (χ0v) is 32.4. The lowest BCUT2D eigenvalue weighted by atomic mass is 9.91. The van der Waals surface area contributed by atoms with E-state index in [0.29, 0.717) is 6.42 Å². The van der Waals surface area contributed by atoms with Crippen molar-refractivity contribution < 1.29 is 4.74 Å². The molecule has 0 saturated heterocycles. The van der Waals surface area contributed by atoms with Crippen molar-refractivity contribution in [2.75, 3.05) is 0 Å². The van der Waals surface area contributed by atoms with Gasteiger partial charge in [0.05, 0.1) is 0 Å². The van der Waals surface area contributed by atoms with Crippen molar-refractivity contribution in [1.82, 2.24) is 5.32 Å². The minimum atomic E-state index is -0.461. The first-order valence-corrected chi connectivity index (χ1v) is 20.3. The van der Waals surface area contributed by atoms with Crippen LogP contribution in [0.15, 0.2) is 206 Å². The van der Waals surface area contributed by atoms with Crippen LogP contribution >= 0.6 is 0 Å². The second-order valence-corrected chi connectivity index (χ2v) is 15.4. The molecule has 0 fully saturated rings. The molecule has 3 N–H and O–H groups in total. The molecule has 0 radical (unpaired) electrons. The normalized spacial score (nSPS) is 12.7. The van der Waals surface area contributed by atoms with Crippen LogP contribution in [-0.4, -0.2) is 0 Å². The Labute approximate surface area is 343 Å². The summed E-state index contributed by atoms with van der Waals surface area (Å²) < 4.78 is 6.41. The Balaban J connectivity index is 1.00. The number of allylic oxidation sites excluding steroid dienone is 1. The van der Waals surface area contributed by atoms with Gasteiger partial charge in [-0.05, 0) is 113 Å². The van der Waals surface area contributed by atoms with Gasteiger partial charge in [0.2, 0.25) is 0 Å². The van der Waals surface area contributed by atoms with E-state index in [-0.39, 0.29) is 0 Å². The monoisotopic (exact) mass is 756 g/mol. The Morgan fingerprint density at radius 1 is 0.475 bits per heavy atom. The molecule has 1 unspecified atom stereocenters. The van der Waals surface area contributed by atoms with Gasteiger partial charge in [0.15, 0.2) is 0 Å². The molecule has 11 rings (SSSR count). The summed E-state index contributed by atoms with van der Waals surface area (Å²) in [5.41, 5.74) is 18.4. The summed E-state index contributed by atoms with van der Waals surface area (Å²) in [7, 11) is 0. The van der Waals surface area contributed by atoms with Crippen molar-refractivity contribution >= 4 is 48.8 Å². The Hall–Kier alpha value is -7.46. The molecular weight excluding hydrogens is 717 g/mol. The first-order chi connectivity index (χ1) is 29.2. The van der Waals surface area contributed by atoms with Crippen molar-refractivity contribution in [3.63, 3.8) is 0 Å². The molecule has 10 aromatic rings.